The Kier molecular flexibility index (Phi) is 3.07. The Morgan fingerprint density at radius 1 is 1.41 bits per heavy atom. The van der Waals surface area contributed by atoms with E-state index in [0.717, 1.165) is 11.4 Å². The number of nitrogen functional groups attached to an aromatic ring is 1. The van der Waals surface area contributed by atoms with Gasteiger partial charge in [-0.05, 0) is 19.9 Å². The molecule has 17 heavy (non-hydrogen) atoms. The molecule has 2 rings (SSSR count). The molecule has 0 fully saturated rings. The monoisotopic (exact) mass is 253 g/mol. The maximum atomic E-state index is 13.7. The molecule has 0 amide bonds. The highest BCUT2D eigenvalue weighted by Crippen LogP contribution is 2.21. The van der Waals surface area contributed by atoms with Crippen LogP contribution in [0.4, 0.5) is 10.1 Å². The summed E-state index contributed by atoms with van der Waals surface area (Å²) in [6, 6.07) is 4.95. The highest BCUT2D eigenvalue weighted by molar-refractivity contribution is 6.31. The predicted octanol–water partition coefficient (Wildman–Crippen LogP) is 2.92. The standard InChI is InChI=1S/C12H13ClFN3/c1-7-11(13)8(2)17(16-7)6-9-4-3-5-10(15)12(9)14/h3-5H,6,15H2,1-2H3. The van der Waals surface area contributed by atoms with Crippen LogP contribution in [0.15, 0.2) is 18.2 Å². The molecular weight excluding hydrogens is 241 g/mol. The number of hydrogen-bond acceptors (Lipinski definition) is 2. The minimum Gasteiger partial charge on any atom is -0.396 e. The number of aryl methyl sites for hydroxylation is 1. The smallest absolute Gasteiger partial charge is 0.151 e. The molecule has 0 unspecified atom stereocenters. The zero-order valence-corrected chi connectivity index (χ0v) is 10.4. The van der Waals surface area contributed by atoms with Crippen molar-refractivity contribution in [2.45, 2.75) is 20.4 Å². The largest absolute Gasteiger partial charge is 0.396 e. The number of halogens is 2. The maximum Gasteiger partial charge on any atom is 0.151 e. The number of nitrogens with two attached hydrogens (primary N) is 1. The zero-order chi connectivity index (χ0) is 12.6. The van der Waals surface area contributed by atoms with Crippen LogP contribution >= 0.6 is 11.6 Å². The highest BCUT2D eigenvalue weighted by Gasteiger charge is 2.12. The third-order valence-corrected chi connectivity index (χ3v) is 3.27. The molecule has 0 saturated heterocycles. The number of hydrogen-bond donors (Lipinski definition) is 1. The van der Waals surface area contributed by atoms with Crippen molar-refractivity contribution in [3.05, 3.63) is 46.0 Å². The lowest BCUT2D eigenvalue weighted by atomic mass is 10.2. The van der Waals surface area contributed by atoms with Gasteiger partial charge in [0, 0.05) is 5.56 Å². The van der Waals surface area contributed by atoms with E-state index in [4.69, 9.17) is 17.3 Å². The van der Waals surface area contributed by atoms with Gasteiger partial charge >= 0.3 is 0 Å². The van der Waals surface area contributed by atoms with Crippen molar-refractivity contribution < 1.29 is 4.39 Å². The number of benzene rings is 1. The van der Waals surface area contributed by atoms with E-state index in [2.05, 4.69) is 5.10 Å². The quantitative estimate of drug-likeness (QED) is 0.837. The van der Waals surface area contributed by atoms with E-state index in [1.54, 1.807) is 16.8 Å². The Balaban J connectivity index is 2.38. The van der Waals surface area contributed by atoms with Crippen LogP contribution in [0.1, 0.15) is 17.0 Å². The Morgan fingerprint density at radius 2 is 2.12 bits per heavy atom. The van der Waals surface area contributed by atoms with E-state index in [1.807, 2.05) is 13.8 Å². The van der Waals surface area contributed by atoms with Crippen LogP contribution in [0.3, 0.4) is 0 Å². The van der Waals surface area contributed by atoms with E-state index in [0.29, 0.717) is 17.1 Å². The van der Waals surface area contributed by atoms with Crippen molar-refractivity contribution in [2.24, 2.45) is 0 Å². The Hall–Kier alpha value is -1.55. The lowest BCUT2D eigenvalue weighted by Crippen LogP contribution is -2.07. The third kappa shape index (κ3) is 2.13. The van der Waals surface area contributed by atoms with Crippen LogP contribution in [0.2, 0.25) is 5.02 Å². The second-order valence-corrected chi connectivity index (χ2v) is 4.34. The summed E-state index contributed by atoms with van der Waals surface area (Å²) in [5.74, 6) is -0.392. The summed E-state index contributed by atoms with van der Waals surface area (Å²) in [5, 5.41) is 4.87. The first-order chi connectivity index (χ1) is 8.00. The predicted molar refractivity (Wildman–Crippen MR) is 66.6 cm³/mol. The highest BCUT2D eigenvalue weighted by atomic mass is 35.5. The van der Waals surface area contributed by atoms with Gasteiger partial charge in [0.05, 0.1) is 28.6 Å². The summed E-state index contributed by atoms with van der Waals surface area (Å²) in [6.07, 6.45) is 0. The lowest BCUT2D eigenvalue weighted by Gasteiger charge is -2.07. The molecule has 0 spiro atoms. The second-order valence-electron chi connectivity index (χ2n) is 3.96. The van der Waals surface area contributed by atoms with Gasteiger partial charge in [-0.25, -0.2) is 4.39 Å². The molecular formula is C12H13ClFN3. The molecule has 0 bridgehead atoms. The molecule has 3 nitrogen and oxygen atoms in total. The number of aromatic nitrogens is 2. The van der Waals surface area contributed by atoms with Gasteiger partial charge in [0.15, 0.2) is 5.82 Å². The fourth-order valence-electron chi connectivity index (χ4n) is 1.71. The molecule has 0 aliphatic rings. The zero-order valence-electron chi connectivity index (χ0n) is 9.67. The minimum absolute atomic E-state index is 0.148. The lowest BCUT2D eigenvalue weighted by molar-refractivity contribution is 0.582. The minimum atomic E-state index is -0.392. The van der Waals surface area contributed by atoms with E-state index in [1.165, 1.54) is 6.07 Å². The topological polar surface area (TPSA) is 43.8 Å². The maximum absolute atomic E-state index is 13.7. The van der Waals surface area contributed by atoms with Crippen LogP contribution in [-0.2, 0) is 6.54 Å². The van der Waals surface area contributed by atoms with Crippen LogP contribution in [-0.4, -0.2) is 9.78 Å². The van der Waals surface area contributed by atoms with Crippen molar-refractivity contribution >= 4 is 17.3 Å². The Morgan fingerprint density at radius 3 is 2.71 bits per heavy atom. The van der Waals surface area contributed by atoms with Gasteiger partial charge in [-0.2, -0.15) is 5.10 Å². The van der Waals surface area contributed by atoms with E-state index < -0.39 is 5.82 Å². The first-order valence-electron chi connectivity index (χ1n) is 5.23. The van der Waals surface area contributed by atoms with Gasteiger partial charge in [0.25, 0.3) is 0 Å². The van der Waals surface area contributed by atoms with Gasteiger partial charge in [-0.1, -0.05) is 23.7 Å². The van der Waals surface area contributed by atoms with Gasteiger partial charge in [-0.3, -0.25) is 4.68 Å². The molecule has 0 atom stereocenters. The fourth-order valence-corrected chi connectivity index (χ4v) is 1.85. The van der Waals surface area contributed by atoms with Crippen molar-refractivity contribution in [1.29, 1.82) is 0 Å². The normalized spacial score (nSPS) is 10.8. The summed E-state index contributed by atoms with van der Waals surface area (Å²) in [4.78, 5) is 0. The van der Waals surface area contributed by atoms with Gasteiger partial charge in [0.1, 0.15) is 0 Å². The van der Waals surface area contributed by atoms with Crippen LogP contribution in [0.25, 0.3) is 0 Å². The Labute approximate surface area is 104 Å². The summed E-state index contributed by atoms with van der Waals surface area (Å²) in [6.45, 7) is 4.00. The SMILES string of the molecule is Cc1nn(Cc2cccc(N)c2F)c(C)c1Cl. The second kappa shape index (κ2) is 4.37. The van der Waals surface area contributed by atoms with Gasteiger partial charge in [0.2, 0.25) is 0 Å². The first-order valence-corrected chi connectivity index (χ1v) is 5.61. The molecule has 5 heteroatoms. The van der Waals surface area contributed by atoms with Gasteiger partial charge < -0.3 is 5.73 Å². The Bertz CT molecular complexity index is 563. The van der Waals surface area contributed by atoms with E-state index in [-0.39, 0.29) is 5.69 Å². The molecule has 0 saturated carbocycles. The number of anilines is 1. The van der Waals surface area contributed by atoms with Crippen molar-refractivity contribution in [3.63, 3.8) is 0 Å². The molecule has 2 N–H and O–H groups in total. The molecule has 0 aliphatic heterocycles. The molecule has 1 aromatic heterocycles. The molecule has 2 aromatic rings. The average Bonchev–Trinajstić information content (AvgIpc) is 2.53. The van der Waals surface area contributed by atoms with Crippen molar-refractivity contribution in [3.8, 4) is 0 Å². The fraction of sp³-hybridized carbons (Fsp3) is 0.250. The van der Waals surface area contributed by atoms with Crippen molar-refractivity contribution in [1.82, 2.24) is 9.78 Å². The first kappa shape index (κ1) is 11.9. The molecule has 90 valence electrons. The molecule has 1 heterocycles. The van der Waals surface area contributed by atoms with Crippen molar-refractivity contribution in [2.75, 3.05) is 5.73 Å². The molecule has 1 aromatic carbocycles. The van der Waals surface area contributed by atoms with Crippen LogP contribution < -0.4 is 5.73 Å². The summed E-state index contributed by atoms with van der Waals surface area (Å²) in [5.41, 5.74) is 7.74. The molecule has 0 aliphatic carbocycles. The van der Waals surface area contributed by atoms with E-state index in [9.17, 15) is 4.39 Å². The third-order valence-electron chi connectivity index (χ3n) is 2.72. The van der Waals surface area contributed by atoms with E-state index >= 15 is 0 Å². The number of nitrogens with zero attached hydrogens (tertiary/aromatic N) is 2. The molecule has 0 radical (unpaired) electrons. The summed E-state index contributed by atoms with van der Waals surface area (Å²) < 4.78 is 15.4. The number of rotatable bonds is 2. The van der Waals surface area contributed by atoms with Gasteiger partial charge in [-0.15, -0.1) is 0 Å². The summed E-state index contributed by atoms with van der Waals surface area (Å²) in [7, 11) is 0. The van der Waals surface area contributed by atoms with Crippen LogP contribution in [0.5, 0.6) is 0 Å². The van der Waals surface area contributed by atoms with Crippen LogP contribution in [0, 0.1) is 19.7 Å². The summed E-state index contributed by atoms with van der Waals surface area (Å²) >= 11 is 6.03. The average molecular weight is 254 g/mol.